The van der Waals surface area contributed by atoms with Gasteiger partial charge >= 0.3 is 0 Å². The maximum Gasteiger partial charge on any atom is 0.255 e. The maximum atomic E-state index is 12.9. The number of piperidine rings is 1. The van der Waals surface area contributed by atoms with Crippen molar-refractivity contribution in [2.24, 2.45) is 0 Å². The van der Waals surface area contributed by atoms with E-state index in [1.54, 1.807) is 0 Å². The van der Waals surface area contributed by atoms with Crippen LogP contribution in [0, 0.1) is 0 Å². The van der Waals surface area contributed by atoms with Gasteiger partial charge in [0.05, 0.1) is 11.5 Å². The lowest BCUT2D eigenvalue weighted by molar-refractivity contribution is 0.0694. The first-order chi connectivity index (χ1) is 14.0. The molecule has 1 fully saturated rings. The lowest BCUT2D eigenvalue weighted by Crippen LogP contribution is -2.39. The molecule has 2 heterocycles. The fourth-order valence-corrected chi connectivity index (χ4v) is 4.16. The highest BCUT2D eigenvalue weighted by atomic mass is 79.9. The Hall–Kier alpha value is -2.47. The van der Waals surface area contributed by atoms with Gasteiger partial charge in [-0.1, -0.05) is 55.4 Å². The van der Waals surface area contributed by atoms with E-state index in [9.17, 15) is 4.79 Å². The Kier molecular flexibility index (Phi) is 5.81. The fourth-order valence-electron chi connectivity index (χ4n) is 3.70. The summed E-state index contributed by atoms with van der Waals surface area (Å²) in [5.74, 6) is 1.79. The summed E-state index contributed by atoms with van der Waals surface area (Å²) in [4.78, 5) is 19.5. The predicted octanol–water partition coefficient (Wildman–Crippen LogP) is 5.64. The van der Waals surface area contributed by atoms with Crippen molar-refractivity contribution in [1.82, 2.24) is 15.0 Å². The summed E-state index contributed by atoms with van der Waals surface area (Å²) in [5.41, 5.74) is 2.91. The van der Waals surface area contributed by atoms with Gasteiger partial charge in [0, 0.05) is 23.1 Å². The monoisotopic (exact) mass is 453 g/mol. The summed E-state index contributed by atoms with van der Waals surface area (Å²) in [6.07, 6.45) is 1.86. The van der Waals surface area contributed by atoms with E-state index in [4.69, 9.17) is 4.52 Å². The Labute approximate surface area is 179 Å². The third-order valence-electron chi connectivity index (χ3n) is 5.44. The number of halogens is 1. The van der Waals surface area contributed by atoms with Crippen molar-refractivity contribution < 1.29 is 9.32 Å². The van der Waals surface area contributed by atoms with E-state index in [1.807, 2.05) is 41.3 Å². The van der Waals surface area contributed by atoms with E-state index in [0.29, 0.717) is 29.7 Å². The Balaban J connectivity index is 1.49. The van der Waals surface area contributed by atoms with Crippen LogP contribution in [0.4, 0.5) is 0 Å². The summed E-state index contributed by atoms with van der Waals surface area (Å²) < 4.78 is 6.40. The second kappa shape index (κ2) is 8.49. The van der Waals surface area contributed by atoms with Crippen LogP contribution in [0.25, 0.3) is 11.4 Å². The van der Waals surface area contributed by atoms with Crippen LogP contribution in [-0.2, 0) is 0 Å². The van der Waals surface area contributed by atoms with Gasteiger partial charge in [0.2, 0.25) is 11.7 Å². The largest absolute Gasteiger partial charge is 0.339 e. The van der Waals surface area contributed by atoms with E-state index < -0.39 is 0 Å². The molecule has 0 saturated carbocycles. The van der Waals surface area contributed by atoms with Crippen LogP contribution < -0.4 is 0 Å². The minimum Gasteiger partial charge on any atom is -0.339 e. The zero-order valence-corrected chi connectivity index (χ0v) is 18.2. The molecule has 0 spiro atoms. The van der Waals surface area contributed by atoms with Crippen LogP contribution in [-0.4, -0.2) is 34.0 Å². The van der Waals surface area contributed by atoms with E-state index in [-0.39, 0.29) is 11.8 Å². The number of aromatic nitrogens is 2. The molecular formula is C23H24BrN3O2. The van der Waals surface area contributed by atoms with Crippen molar-refractivity contribution in [2.75, 3.05) is 13.1 Å². The minimum absolute atomic E-state index is 0.0335. The third-order valence-corrected chi connectivity index (χ3v) is 6.13. The normalized spacial score (nSPS) is 17.0. The number of likely N-dealkylation sites (tertiary alicyclic amines) is 1. The van der Waals surface area contributed by atoms with Gasteiger partial charge in [0.25, 0.3) is 5.91 Å². The van der Waals surface area contributed by atoms with Crippen molar-refractivity contribution >= 4 is 21.8 Å². The summed E-state index contributed by atoms with van der Waals surface area (Å²) in [7, 11) is 0. The van der Waals surface area contributed by atoms with E-state index in [1.165, 1.54) is 5.56 Å². The molecular weight excluding hydrogens is 430 g/mol. The van der Waals surface area contributed by atoms with Crippen LogP contribution in [0.3, 0.4) is 0 Å². The molecule has 2 aromatic carbocycles. The van der Waals surface area contributed by atoms with Crippen LogP contribution in [0.2, 0.25) is 0 Å². The zero-order valence-electron chi connectivity index (χ0n) is 16.6. The average Bonchev–Trinajstić information content (AvgIpc) is 3.24. The van der Waals surface area contributed by atoms with Gasteiger partial charge in [0.15, 0.2) is 0 Å². The second-order valence-electron chi connectivity index (χ2n) is 7.80. The summed E-state index contributed by atoms with van der Waals surface area (Å²) in [6.45, 7) is 5.68. The number of rotatable bonds is 4. The number of carbonyl (C=O) groups excluding carboxylic acids is 1. The van der Waals surface area contributed by atoms with Gasteiger partial charge in [-0.25, -0.2) is 0 Å². The van der Waals surface area contributed by atoms with Crippen LogP contribution in [0.15, 0.2) is 57.5 Å². The molecule has 6 heteroatoms. The molecule has 3 aromatic rings. The second-order valence-corrected chi connectivity index (χ2v) is 8.66. The number of hydrogen-bond donors (Lipinski definition) is 0. The Morgan fingerprint density at radius 2 is 1.93 bits per heavy atom. The topological polar surface area (TPSA) is 59.2 Å². The van der Waals surface area contributed by atoms with Gasteiger partial charge in [-0.15, -0.1) is 0 Å². The molecule has 150 valence electrons. The molecule has 1 saturated heterocycles. The first kappa shape index (κ1) is 19.8. The van der Waals surface area contributed by atoms with Crippen molar-refractivity contribution in [3.05, 3.63) is 70.0 Å². The SMILES string of the molecule is CC(C)c1ccc(-c2noc([C@H]3CCCN(C(=O)c4ccccc4Br)C3)n2)cc1. The van der Waals surface area contributed by atoms with Crippen molar-refractivity contribution in [3.8, 4) is 11.4 Å². The zero-order chi connectivity index (χ0) is 20.4. The lowest BCUT2D eigenvalue weighted by atomic mass is 9.97. The van der Waals surface area contributed by atoms with E-state index in [2.05, 4.69) is 52.1 Å². The Bertz CT molecular complexity index is 997. The predicted molar refractivity (Wildman–Crippen MR) is 116 cm³/mol. The Morgan fingerprint density at radius 3 is 2.66 bits per heavy atom. The molecule has 4 rings (SSSR count). The molecule has 0 N–H and O–H groups in total. The highest BCUT2D eigenvalue weighted by Gasteiger charge is 2.29. The molecule has 1 amide bonds. The number of carbonyl (C=O) groups is 1. The number of hydrogen-bond acceptors (Lipinski definition) is 4. The van der Waals surface area contributed by atoms with Gasteiger partial charge in [0.1, 0.15) is 0 Å². The van der Waals surface area contributed by atoms with E-state index in [0.717, 1.165) is 29.4 Å². The highest BCUT2D eigenvalue weighted by Crippen LogP contribution is 2.29. The van der Waals surface area contributed by atoms with E-state index >= 15 is 0 Å². The molecule has 29 heavy (non-hydrogen) atoms. The molecule has 0 radical (unpaired) electrons. The molecule has 5 nitrogen and oxygen atoms in total. The molecule has 0 aliphatic carbocycles. The van der Waals surface area contributed by atoms with Crippen LogP contribution in [0.5, 0.6) is 0 Å². The first-order valence-corrected chi connectivity index (χ1v) is 10.8. The minimum atomic E-state index is 0.0335. The quantitative estimate of drug-likeness (QED) is 0.512. The van der Waals surface area contributed by atoms with Crippen molar-refractivity contribution in [1.29, 1.82) is 0 Å². The van der Waals surface area contributed by atoms with Gasteiger partial charge in [-0.2, -0.15) is 4.98 Å². The number of benzene rings is 2. The smallest absolute Gasteiger partial charge is 0.255 e. The standard InChI is InChI=1S/C23H24BrN3O2/c1-15(2)16-9-11-17(12-10-16)21-25-22(29-26-21)18-6-5-13-27(14-18)23(28)19-7-3-4-8-20(19)24/h3-4,7-12,15,18H,5-6,13-14H2,1-2H3/t18-/m0/s1. The first-order valence-electron chi connectivity index (χ1n) is 10.0. The van der Waals surface area contributed by atoms with Crippen LogP contribution >= 0.6 is 15.9 Å². The van der Waals surface area contributed by atoms with Gasteiger partial charge < -0.3 is 9.42 Å². The molecule has 0 unspecified atom stereocenters. The van der Waals surface area contributed by atoms with Gasteiger partial charge in [-0.3, -0.25) is 4.79 Å². The number of nitrogens with zero attached hydrogens (tertiary/aromatic N) is 3. The Morgan fingerprint density at radius 1 is 1.17 bits per heavy atom. The van der Waals surface area contributed by atoms with Crippen LogP contribution in [0.1, 0.15) is 60.3 Å². The molecule has 1 atom stereocenters. The molecule has 1 aliphatic heterocycles. The fraction of sp³-hybridized carbons (Fsp3) is 0.348. The summed E-state index contributed by atoms with van der Waals surface area (Å²) in [6, 6.07) is 15.8. The summed E-state index contributed by atoms with van der Waals surface area (Å²) in [5, 5.41) is 4.18. The third kappa shape index (κ3) is 4.27. The summed E-state index contributed by atoms with van der Waals surface area (Å²) >= 11 is 3.48. The number of amides is 1. The molecule has 0 bridgehead atoms. The lowest BCUT2D eigenvalue weighted by Gasteiger charge is -2.31. The maximum absolute atomic E-state index is 12.9. The highest BCUT2D eigenvalue weighted by molar-refractivity contribution is 9.10. The van der Waals surface area contributed by atoms with Gasteiger partial charge in [-0.05, 0) is 52.4 Å². The van der Waals surface area contributed by atoms with Crippen molar-refractivity contribution in [3.63, 3.8) is 0 Å². The van der Waals surface area contributed by atoms with Crippen molar-refractivity contribution in [2.45, 2.75) is 38.5 Å². The molecule has 1 aliphatic rings. The average molecular weight is 454 g/mol. The molecule has 1 aromatic heterocycles.